The maximum absolute atomic E-state index is 9.38. The van der Waals surface area contributed by atoms with Crippen molar-refractivity contribution < 1.29 is 5.21 Å². The van der Waals surface area contributed by atoms with Gasteiger partial charge in [-0.3, -0.25) is 9.80 Å². The molecule has 2 aliphatic rings. The maximum atomic E-state index is 9.38. The van der Waals surface area contributed by atoms with Crippen LogP contribution in [0.4, 0.5) is 0 Å². The number of nitrogens with zero attached hydrogens (tertiary/aromatic N) is 3. The lowest BCUT2D eigenvalue weighted by Gasteiger charge is -2.39. The first-order valence-electron chi connectivity index (χ1n) is 8.73. The number of oxime groups is 1. The molecule has 0 saturated carbocycles. The molecule has 4 nitrogen and oxygen atoms in total. The van der Waals surface area contributed by atoms with Gasteiger partial charge in [-0.1, -0.05) is 47.6 Å². The van der Waals surface area contributed by atoms with Gasteiger partial charge in [0, 0.05) is 32.7 Å². The lowest BCUT2D eigenvalue weighted by atomic mass is 9.96. The van der Waals surface area contributed by atoms with Gasteiger partial charge in [0.1, 0.15) is 0 Å². The van der Waals surface area contributed by atoms with E-state index in [0.717, 1.165) is 64.1 Å². The van der Waals surface area contributed by atoms with Gasteiger partial charge in [0.25, 0.3) is 0 Å². The molecular weight excluding hydrogens is 286 g/mol. The van der Waals surface area contributed by atoms with Gasteiger partial charge in [-0.25, -0.2) is 0 Å². The summed E-state index contributed by atoms with van der Waals surface area (Å²) in [6, 6.07) is 11.0. The SMILES string of the molecule is O/N=C1\CC/C=C\CCC1N1CCN(Cc2ccccc2)CC1. The number of hydrogen-bond donors (Lipinski definition) is 1. The quantitative estimate of drug-likeness (QED) is 0.529. The monoisotopic (exact) mass is 313 g/mol. The smallest absolute Gasteiger partial charge is 0.0745 e. The molecule has 23 heavy (non-hydrogen) atoms. The summed E-state index contributed by atoms with van der Waals surface area (Å²) in [5.74, 6) is 0. The van der Waals surface area contributed by atoms with Crippen molar-refractivity contribution in [3.63, 3.8) is 0 Å². The van der Waals surface area contributed by atoms with Gasteiger partial charge in [0.2, 0.25) is 0 Å². The van der Waals surface area contributed by atoms with Crippen LogP contribution in [0.15, 0.2) is 47.6 Å². The van der Waals surface area contributed by atoms with E-state index in [1.807, 2.05) is 0 Å². The summed E-state index contributed by atoms with van der Waals surface area (Å²) in [6.45, 7) is 5.31. The lowest BCUT2D eigenvalue weighted by Crippen LogP contribution is -2.52. The van der Waals surface area contributed by atoms with Gasteiger partial charge in [0.05, 0.1) is 11.8 Å². The first kappa shape index (κ1) is 16.2. The van der Waals surface area contributed by atoms with Crippen molar-refractivity contribution in [2.24, 2.45) is 5.16 Å². The van der Waals surface area contributed by atoms with Crippen molar-refractivity contribution in [1.82, 2.24) is 9.80 Å². The van der Waals surface area contributed by atoms with Gasteiger partial charge in [0.15, 0.2) is 0 Å². The van der Waals surface area contributed by atoms with Crippen molar-refractivity contribution in [2.45, 2.75) is 38.3 Å². The van der Waals surface area contributed by atoms with Gasteiger partial charge >= 0.3 is 0 Å². The Hall–Kier alpha value is -1.65. The molecule has 4 heteroatoms. The van der Waals surface area contributed by atoms with E-state index in [1.54, 1.807) is 0 Å². The van der Waals surface area contributed by atoms with Gasteiger partial charge < -0.3 is 5.21 Å². The molecule has 1 saturated heterocycles. The number of allylic oxidation sites excluding steroid dienone is 2. The van der Waals surface area contributed by atoms with E-state index in [-0.39, 0.29) is 0 Å². The summed E-state index contributed by atoms with van der Waals surface area (Å²) in [6.07, 6.45) is 8.49. The van der Waals surface area contributed by atoms with Crippen LogP contribution in [0.25, 0.3) is 0 Å². The van der Waals surface area contributed by atoms with Crippen molar-refractivity contribution in [3.05, 3.63) is 48.0 Å². The Labute approximate surface area is 139 Å². The third kappa shape index (κ3) is 4.43. The Balaban J connectivity index is 1.56. The Morgan fingerprint density at radius 3 is 2.48 bits per heavy atom. The first-order valence-corrected chi connectivity index (χ1v) is 8.73. The molecule has 1 unspecified atom stereocenters. The lowest BCUT2D eigenvalue weighted by molar-refractivity contribution is 0.108. The molecule has 1 aliphatic heterocycles. The van der Waals surface area contributed by atoms with Gasteiger partial charge in [-0.15, -0.1) is 0 Å². The van der Waals surface area contributed by atoms with E-state index in [0.29, 0.717) is 6.04 Å². The van der Waals surface area contributed by atoms with Crippen LogP contribution in [0.3, 0.4) is 0 Å². The molecule has 124 valence electrons. The standard InChI is InChI=1S/C19H27N3O/c23-20-18-10-6-1-2-7-11-19(18)22-14-12-21(13-15-22)16-17-8-4-3-5-9-17/h1-5,8-9,19,23H,6-7,10-16H2/b2-1-,20-18+. The molecule has 1 N–H and O–H groups in total. The second-order valence-corrected chi connectivity index (χ2v) is 6.49. The molecule has 1 aliphatic carbocycles. The maximum Gasteiger partial charge on any atom is 0.0745 e. The molecule has 3 rings (SSSR count). The van der Waals surface area contributed by atoms with Gasteiger partial charge in [-0.05, 0) is 31.2 Å². The molecule has 1 heterocycles. The minimum atomic E-state index is 0.309. The molecule has 1 fully saturated rings. The molecule has 0 spiro atoms. The molecule has 1 aromatic rings. The zero-order chi connectivity index (χ0) is 15.9. The highest BCUT2D eigenvalue weighted by Crippen LogP contribution is 2.19. The van der Waals surface area contributed by atoms with Crippen LogP contribution in [-0.4, -0.2) is 52.9 Å². The van der Waals surface area contributed by atoms with E-state index >= 15 is 0 Å². The molecular formula is C19H27N3O. The molecule has 0 radical (unpaired) electrons. The number of piperazine rings is 1. The molecule has 1 aromatic carbocycles. The third-order valence-corrected chi connectivity index (χ3v) is 4.95. The summed E-state index contributed by atoms with van der Waals surface area (Å²) < 4.78 is 0. The number of benzene rings is 1. The topological polar surface area (TPSA) is 39.1 Å². The largest absolute Gasteiger partial charge is 0.411 e. The van der Waals surface area contributed by atoms with Crippen LogP contribution in [0.1, 0.15) is 31.2 Å². The van der Waals surface area contributed by atoms with Crippen molar-refractivity contribution >= 4 is 5.71 Å². The van der Waals surface area contributed by atoms with E-state index in [1.165, 1.54) is 5.56 Å². The predicted molar refractivity (Wildman–Crippen MR) is 93.9 cm³/mol. The fraction of sp³-hybridized carbons (Fsp3) is 0.526. The van der Waals surface area contributed by atoms with Gasteiger partial charge in [-0.2, -0.15) is 0 Å². The average molecular weight is 313 g/mol. The summed E-state index contributed by atoms with van der Waals surface area (Å²) in [4.78, 5) is 5.03. The summed E-state index contributed by atoms with van der Waals surface area (Å²) in [5, 5.41) is 13.0. The van der Waals surface area contributed by atoms with E-state index < -0.39 is 0 Å². The first-order chi connectivity index (χ1) is 11.4. The Bertz CT molecular complexity index is 533. The van der Waals surface area contributed by atoms with Crippen LogP contribution in [0.2, 0.25) is 0 Å². The summed E-state index contributed by atoms with van der Waals surface area (Å²) in [5.41, 5.74) is 2.35. The minimum Gasteiger partial charge on any atom is -0.411 e. The molecule has 1 atom stereocenters. The highest BCUT2D eigenvalue weighted by Gasteiger charge is 2.27. The number of rotatable bonds is 3. The van der Waals surface area contributed by atoms with Crippen LogP contribution < -0.4 is 0 Å². The van der Waals surface area contributed by atoms with Crippen molar-refractivity contribution in [1.29, 1.82) is 0 Å². The van der Waals surface area contributed by atoms with Crippen molar-refractivity contribution in [3.8, 4) is 0 Å². The van der Waals surface area contributed by atoms with E-state index in [9.17, 15) is 5.21 Å². The minimum absolute atomic E-state index is 0.309. The Morgan fingerprint density at radius 2 is 1.74 bits per heavy atom. The van der Waals surface area contributed by atoms with E-state index in [2.05, 4.69) is 57.4 Å². The Morgan fingerprint density at radius 1 is 1.00 bits per heavy atom. The fourth-order valence-corrected chi connectivity index (χ4v) is 3.64. The zero-order valence-corrected chi connectivity index (χ0v) is 13.8. The van der Waals surface area contributed by atoms with Crippen LogP contribution in [-0.2, 0) is 6.54 Å². The zero-order valence-electron chi connectivity index (χ0n) is 13.8. The third-order valence-electron chi connectivity index (χ3n) is 4.95. The van der Waals surface area contributed by atoms with Crippen LogP contribution in [0.5, 0.6) is 0 Å². The second kappa shape index (κ2) is 8.27. The fourth-order valence-electron chi connectivity index (χ4n) is 3.64. The molecule has 0 amide bonds. The summed E-state index contributed by atoms with van der Waals surface area (Å²) >= 11 is 0. The highest BCUT2D eigenvalue weighted by molar-refractivity contribution is 5.89. The average Bonchev–Trinajstić information content (AvgIpc) is 2.57. The normalized spacial score (nSPS) is 27.5. The second-order valence-electron chi connectivity index (χ2n) is 6.49. The summed E-state index contributed by atoms with van der Waals surface area (Å²) in [7, 11) is 0. The van der Waals surface area contributed by atoms with Crippen LogP contribution in [0, 0.1) is 0 Å². The van der Waals surface area contributed by atoms with Crippen LogP contribution >= 0.6 is 0 Å². The molecule has 0 bridgehead atoms. The Kier molecular flexibility index (Phi) is 5.83. The van der Waals surface area contributed by atoms with Crippen molar-refractivity contribution in [2.75, 3.05) is 26.2 Å². The highest BCUT2D eigenvalue weighted by atomic mass is 16.4. The van der Waals surface area contributed by atoms with E-state index in [4.69, 9.17) is 0 Å². The predicted octanol–water partition coefficient (Wildman–Crippen LogP) is 3.13. The number of hydrogen-bond acceptors (Lipinski definition) is 4. The molecule has 0 aromatic heterocycles.